The van der Waals surface area contributed by atoms with Crippen LogP contribution in [0.15, 0.2) is 67.0 Å². The standard InChI is InChI=1S/C22H21N3O5/c1-2-25-14-23-20(24-25)19-18(30-22(27)16-11-7-4-8-12-16)17(13-28-19)29-21(26)15-9-5-3-6-10-15/h3-12,14,17-19H,2,13H2,1H3/t17-,18+,19+/m1/s1. The molecule has 1 aliphatic heterocycles. The first-order valence-corrected chi connectivity index (χ1v) is 9.68. The number of carbonyl (C=O) groups is 2. The normalized spacial score (nSPS) is 20.6. The van der Waals surface area contributed by atoms with E-state index in [0.717, 1.165) is 0 Å². The molecular weight excluding hydrogens is 386 g/mol. The molecule has 154 valence electrons. The highest BCUT2D eigenvalue weighted by molar-refractivity contribution is 5.90. The summed E-state index contributed by atoms with van der Waals surface area (Å²) in [6, 6.07) is 17.2. The van der Waals surface area contributed by atoms with Crippen molar-refractivity contribution in [1.82, 2.24) is 14.8 Å². The zero-order valence-corrected chi connectivity index (χ0v) is 16.4. The predicted octanol–water partition coefficient (Wildman–Crippen LogP) is 2.82. The Morgan fingerprint density at radius 1 is 1.00 bits per heavy atom. The number of carbonyl (C=O) groups excluding carboxylic acids is 2. The molecule has 0 amide bonds. The van der Waals surface area contributed by atoms with Crippen LogP contribution in [0.25, 0.3) is 0 Å². The minimum atomic E-state index is -0.877. The Morgan fingerprint density at radius 3 is 2.17 bits per heavy atom. The summed E-state index contributed by atoms with van der Waals surface area (Å²) in [5.41, 5.74) is 0.797. The number of esters is 2. The van der Waals surface area contributed by atoms with Gasteiger partial charge in [0.1, 0.15) is 6.33 Å². The lowest BCUT2D eigenvalue weighted by Gasteiger charge is -2.22. The van der Waals surface area contributed by atoms with E-state index in [4.69, 9.17) is 14.2 Å². The summed E-state index contributed by atoms with van der Waals surface area (Å²) in [4.78, 5) is 29.5. The van der Waals surface area contributed by atoms with Crippen LogP contribution in [0.4, 0.5) is 0 Å². The Labute approximate surface area is 173 Å². The molecule has 0 N–H and O–H groups in total. The van der Waals surface area contributed by atoms with Crippen molar-refractivity contribution in [3.8, 4) is 0 Å². The van der Waals surface area contributed by atoms with Gasteiger partial charge in [0.25, 0.3) is 0 Å². The molecule has 1 aromatic heterocycles. The Balaban J connectivity index is 1.56. The number of hydrogen-bond donors (Lipinski definition) is 0. The zero-order chi connectivity index (χ0) is 20.9. The minimum Gasteiger partial charge on any atom is -0.452 e. The van der Waals surface area contributed by atoms with E-state index in [-0.39, 0.29) is 6.61 Å². The number of nitrogens with zero attached hydrogens (tertiary/aromatic N) is 3. The molecule has 3 atom stereocenters. The number of hydrogen-bond acceptors (Lipinski definition) is 7. The molecule has 4 rings (SSSR count). The number of ether oxygens (including phenoxy) is 3. The maximum Gasteiger partial charge on any atom is 0.338 e. The average Bonchev–Trinajstić information content (AvgIpc) is 3.42. The minimum absolute atomic E-state index is 0.0661. The van der Waals surface area contributed by atoms with Gasteiger partial charge in [0, 0.05) is 6.54 Å². The predicted molar refractivity (Wildman–Crippen MR) is 106 cm³/mol. The molecule has 0 bridgehead atoms. The van der Waals surface area contributed by atoms with Crippen molar-refractivity contribution in [3.63, 3.8) is 0 Å². The maximum absolute atomic E-state index is 12.7. The zero-order valence-electron chi connectivity index (χ0n) is 16.4. The largest absolute Gasteiger partial charge is 0.452 e. The summed E-state index contributed by atoms with van der Waals surface area (Å²) >= 11 is 0. The molecule has 0 spiro atoms. The fraction of sp³-hybridized carbons (Fsp3) is 0.273. The molecule has 3 aromatic rings. The second-order valence-electron chi connectivity index (χ2n) is 6.76. The van der Waals surface area contributed by atoms with Crippen LogP contribution in [0.2, 0.25) is 0 Å². The lowest BCUT2D eigenvalue weighted by molar-refractivity contribution is -0.0309. The van der Waals surface area contributed by atoms with Crippen LogP contribution >= 0.6 is 0 Å². The van der Waals surface area contributed by atoms with Crippen molar-refractivity contribution < 1.29 is 23.8 Å². The van der Waals surface area contributed by atoms with E-state index >= 15 is 0 Å². The van der Waals surface area contributed by atoms with Crippen molar-refractivity contribution in [2.24, 2.45) is 0 Å². The van der Waals surface area contributed by atoms with Gasteiger partial charge in [-0.1, -0.05) is 36.4 Å². The van der Waals surface area contributed by atoms with Crippen LogP contribution in [0.3, 0.4) is 0 Å². The van der Waals surface area contributed by atoms with Crippen LogP contribution in [0.5, 0.6) is 0 Å². The Morgan fingerprint density at radius 2 is 1.60 bits per heavy atom. The van der Waals surface area contributed by atoms with Crippen molar-refractivity contribution in [3.05, 3.63) is 83.9 Å². The average molecular weight is 407 g/mol. The van der Waals surface area contributed by atoms with E-state index in [9.17, 15) is 9.59 Å². The number of aromatic nitrogens is 3. The highest BCUT2D eigenvalue weighted by Gasteiger charge is 2.45. The molecule has 8 nitrogen and oxygen atoms in total. The van der Waals surface area contributed by atoms with Gasteiger partial charge in [0.15, 0.2) is 24.1 Å². The summed E-state index contributed by atoms with van der Waals surface area (Å²) in [5, 5.41) is 4.36. The highest BCUT2D eigenvalue weighted by atomic mass is 16.6. The number of rotatable bonds is 6. The van der Waals surface area contributed by atoms with Gasteiger partial charge in [-0.2, -0.15) is 5.10 Å². The summed E-state index contributed by atoms with van der Waals surface area (Å²) in [6.07, 6.45) is -0.820. The van der Waals surface area contributed by atoms with Crippen LogP contribution < -0.4 is 0 Å². The lowest BCUT2D eigenvalue weighted by atomic mass is 10.1. The highest BCUT2D eigenvalue weighted by Crippen LogP contribution is 2.32. The van der Waals surface area contributed by atoms with Gasteiger partial charge in [-0.15, -0.1) is 0 Å². The van der Waals surface area contributed by atoms with Gasteiger partial charge in [0.2, 0.25) is 0 Å². The molecule has 0 saturated carbocycles. The molecule has 1 saturated heterocycles. The Hall–Kier alpha value is -3.52. The monoisotopic (exact) mass is 407 g/mol. The van der Waals surface area contributed by atoms with Gasteiger partial charge >= 0.3 is 11.9 Å². The summed E-state index contributed by atoms with van der Waals surface area (Å²) in [7, 11) is 0. The molecule has 0 unspecified atom stereocenters. The van der Waals surface area contributed by atoms with Gasteiger partial charge < -0.3 is 14.2 Å². The molecule has 30 heavy (non-hydrogen) atoms. The number of benzene rings is 2. The quantitative estimate of drug-likeness (QED) is 0.580. The van der Waals surface area contributed by atoms with Gasteiger partial charge in [0.05, 0.1) is 17.7 Å². The number of aryl methyl sites for hydroxylation is 1. The Kier molecular flexibility index (Phi) is 5.85. The van der Waals surface area contributed by atoms with Crippen LogP contribution in [0.1, 0.15) is 39.6 Å². The van der Waals surface area contributed by atoms with Gasteiger partial charge in [-0.25, -0.2) is 14.6 Å². The van der Waals surface area contributed by atoms with E-state index in [1.165, 1.54) is 0 Å². The third-order valence-corrected chi connectivity index (χ3v) is 4.76. The summed E-state index contributed by atoms with van der Waals surface area (Å²) < 4.78 is 18.8. The van der Waals surface area contributed by atoms with Crippen molar-refractivity contribution >= 4 is 11.9 Å². The lowest BCUT2D eigenvalue weighted by Crippen LogP contribution is -2.35. The molecule has 0 radical (unpaired) electrons. The third kappa shape index (κ3) is 4.23. The second-order valence-corrected chi connectivity index (χ2v) is 6.76. The van der Waals surface area contributed by atoms with Crippen molar-refractivity contribution in [1.29, 1.82) is 0 Å². The maximum atomic E-state index is 12.7. The van der Waals surface area contributed by atoms with Crippen LogP contribution in [-0.2, 0) is 20.8 Å². The first kappa shape index (κ1) is 19.8. The first-order chi connectivity index (χ1) is 14.7. The molecule has 0 aliphatic carbocycles. The van der Waals surface area contributed by atoms with E-state index in [0.29, 0.717) is 23.5 Å². The molecular formula is C22H21N3O5. The third-order valence-electron chi connectivity index (χ3n) is 4.76. The van der Waals surface area contributed by atoms with Crippen LogP contribution in [0, 0.1) is 0 Å². The summed E-state index contributed by atoms with van der Waals surface area (Å²) in [6.45, 7) is 2.64. The molecule has 2 heterocycles. The van der Waals surface area contributed by atoms with Crippen molar-refractivity contribution in [2.75, 3.05) is 6.61 Å². The SMILES string of the molecule is CCn1cnc([C@H]2OC[C@@H](OC(=O)c3ccccc3)[C@@H]2OC(=O)c2ccccc2)n1. The van der Waals surface area contributed by atoms with E-state index in [2.05, 4.69) is 10.1 Å². The van der Waals surface area contributed by atoms with E-state index in [1.54, 1.807) is 59.5 Å². The first-order valence-electron chi connectivity index (χ1n) is 9.68. The molecule has 1 aliphatic rings. The fourth-order valence-electron chi connectivity index (χ4n) is 3.18. The van der Waals surface area contributed by atoms with Gasteiger partial charge in [-0.3, -0.25) is 4.68 Å². The molecule has 8 heteroatoms. The summed E-state index contributed by atoms with van der Waals surface area (Å²) in [5.74, 6) is -0.676. The fourth-order valence-corrected chi connectivity index (χ4v) is 3.18. The molecule has 2 aromatic carbocycles. The van der Waals surface area contributed by atoms with E-state index in [1.807, 2.05) is 19.1 Å². The van der Waals surface area contributed by atoms with Crippen LogP contribution in [-0.4, -0.2) is 45.5 Å². The molecule has 1 fully saturated rings. The second kappa shape index (κ2) is 8.87. The van der Waals surface area contributed by atoms with Gasteiger partial charge in [-0.05, 0) is 31.2 Å². The van der Waals surface area contributed by atoms with Crippen molar-refractivity contribution in [2.45, 2.75) is 31.8 Å². The smallest absolute Gasteiger partial charge is 0.338 e. The van der Waals surface area contributed by atoms with E-state index < -0.39 is 30.3 Å². The Bertz CT molecular complexity index is 1010. The topological polar surface area (TPSA) is 92.5 Å².